The van der Waals surface area contributed by atoms with Gasteiger partial charge in [0.1, 0.15) is 15.6 Å². The van der Waals surface area contributed by atoms with Crippen molar-refractivity contribution in [3.63, 3.8) is 0 Å². The molecule has 1 fully saturated rings. The highest BCUT2D eigenvalue weighted by Crippen LogP contribution is 2.33. The molecule has 3 aliphatic heterocycles. The number of nitrogens with zero attached hydrogens (tertiary/aromatic N) is 2. The van der Waals surface area contributed by atoms with Gasteiger partial charge in [-0.3, -0.25) is 4.79 Å². The Bertz CT molecular complexity index is 1320. The zero-order valence-electron chi connectivity index (χ0n) is 20.8. The Hall–Kier alpha value is -3.32. The molecule has 0 spiro atoms. The number of rotatable bonds is 7. The number of fused-ring (bicyclic) bond motifs is 1. The SMILES string of the molecule is CC(O)c1cnc(OC2=CC3=CC(C(=O)NC4(C)CCS(=O)(=O)CC4)=CCN3C=C2)c(OCC(F)(F)F)c1. The first-order chi connectivity index (χ1) is 17.7. The van der Waals surface area contributed by atoms with Crippen LogP contribution in [0.3, 0.4) is 0 Å². The lowest BCUT2D eigenvalue weighted by molar-refractivity contribution is -0.153. The van der Waals surface area contributed by atoms with Crippen LogP contribution in [0.15, 0.2) is 59.8 Å². The van der Waals surface area contributed by atoms with E-state index in [1.165, 1.54) is 19.2 Å². The van der Waals surface area contributed by atoms with Gasteiger partial charge in [0, 0.05) is 47.4 Å². The molecule has 206 valence electrons. The van der Waals surface area contributed by atoms with Gasteiger partial charge in [0.05, 0.1) is 17.6 Å². The van der Waals surface area contributed by atoms with Gasteiger partial charge in [-0.25, -0.2) is 13.4 Å². The number of aromatic nitrogens is 1. The maximum atomic E-state index is 13.0. The van der Waals surface area contributed by atoms with Crippen LogP contribution < -0.4 is 14.8 Å². The van der Waals surface area contributed by atoms with Gasteiger partial charge in [-0.1, -0.05) is 6.08 Å². The van der Waals surface area contributed by atoms with Crippen molar-refractivity contribution >= 4 is 15.7 Å². The second-order valence-electron chi connectivity index (χ2n) is 9.66. The minimum atomic E-state index is -4.58. The Labute approximate surface area is 218 Å². The molecular formula is C25H28F3N3O6S. The summed E-state index contributed by atoms with van der Waals surface area (Å²) in [5.41, 5.74) is 0.621. The summed E-state index contributed by atoms with van der Waals surface area (Å²) in [5, 5.41) is 12.7. The van der Waals surface area contributed by atoms with E-state index in [0.29, 0.717) is 30.7 Å². The average Bonchev–Trinajstić information content (AvgIpc) is 2.84. The normalized spacial score (nSPS) is 20.9. The fourth-order valence-electron chi connectivity index (χ4n) is 4.04. The number of pyridine rings is 1. The van der Waals surface area contributed by atoms with Gasteiger partial charge in [-0.15, -0.1) is 0 Å². The number of hydrogen-bond donors (Lipinski definition) is 2. The minimum Gasteiger partial charge on any atom is -0.478 e. The van der Waals surface area contributed by atoms with Gasteiger partial charge in [0.25, 0.3) is 11.8 Å². The Morgan fingerprint density at radius 1 is 1.29 bits per heavy atom. The summed E-state index contributed by atoms with van der Waals surface area (Å²) >= 11 is 0. The molecule has 4 heterocycles. The molecule has 0 radical (unpaired) electrons. The molecule has 1 atom stereocenters. The maximum absolute atomic E-state index is 13.0. The van der Waals surface area contributed by atoms with Gasteiger partial charge in [0.15, 0.2) is 12.4 Å². The molecule has 0 saturated carbocycles. The maximum Gasteiger partial charge on any atom is 0.422 e. The number of sulfone groups is 1. The van der Waals surface area contributed by atoms with E-state index in [4.69, 9.17) is 9.47 Å². The monoisotopic (exact) mass is 555 g/mol. The Kier molecular flexibility index (Phi) is 7.62. The van der Waals surface area contributed by atoms with E-state index in [1.54, 1.807) is 30.5 Å². The third-order valence-electron chi connectivity index (χ3n) is 6.39. The molecule has 13 heteroatoms. The zero-order chi connectivity index (χ0) is 27.7. The van der Waals surface area contributed by atoms with Crippen molar-refractivity contribution in [3.8, 4) is 11.6 Å². The predicted octanol–water partition coefficient (Wildman–Crippen LogP) is 3.08. The fourth-order valence-corrected chi connectivity index (χ4v) is 5.77. The van der Waals surface area contributed by atoms with Crippen LogP contribution in [0.2, 0.25) is 0 Å². The molecule has 4 rings (SSSR count). The van der Waals surface area contributed by atoms with Crippen molar-refractivity contribution < 1.29 is 41.0 Å². The van der Waals surface area contributed by atoms with Crippen LogP contribution in [-0.2, 0) is 14.6 Å². The smallest absolute Gasteiger partial charge is 0.422 e. The largest absolute Gasteiger partial charge is 0.478 e. The van der Waals surface area contributed by atoms with Crippen LogP contribution in [0.25, 0.3) is 0 Å². The molecule has 1 aromatic rings. The highest BCUT2D eigenvalue weighted by atomic mass is 32.2. The Balaban J connectivity index is 1.50. The molecule has 9 nitrogen and oxygen atoms in total. The molecule has 2 N–H and O–H groups in total. The standard InChI is InChI=1S/C25H28F3N3O6S/c1-16(32)18-12-21(36-15-25(26,27)28)23(29-14-18)37-20-4-8-31-7-3-17(11-19(31)13-20)22(33)30-24(2)5-9-38(34,35)10-6-24/h3-4,8,11-14,16,32H,5-7,9-10,15H2,1-2H3,(H,30,33). The first-order valence-electron chi connectivity index (χ1n) is 11.9. The number of aliphatic hydroxyl groups excluding tert-OH is 1. The van der Waals surface area contributed by atoms with E-state index in [9.17, 15) is 31.5 Å². The van der Waals surface area contributed by atoms with Crippen molar-refractivity contribution in [2.45, 2.75) is 44.5 Å². The van der Waals surface area contributed by atoms with Gasteiger partial charge in [0.2, 0.25) is 0 Å². The summed E-state index contributed by atoms with van der Waals surface area (Å²) in [7, 11) is -3.08. The van der Waals surface area contributed by atoms with Crippen LogP contribution in [0.4, 0.5) is 13.2 Å². The minimum absolute atomic E-state index is 0.0207. The molecule has 1 unspecified atom stereocenters. The van der Waals surface area contributed by atoms with Crippen molar-refractivity contribution in [2.24, 2.45) is 0 Å². The van der Waals surface area contributed by atoms with Crippen molar-refractivity contribution in [1.82, 2.24) is 15.2 Å². The zero-order valence-corrected chi connectivity index (χ0v) is 21.6. The number of ether oxygens (including phenoxy) is 2. The van der Waals surface area contributed by atoms with Gasteiger partial charge < -0.3 is 24.8 Å². The van der Waals surface area contributed by atoms with Crippen LogP contribution in [0.5, 0.6) is 11.6 Å². The third kappa shape index (κ3) is 6.95. The lowest BCUT2D eigenvalue weighted by atomic mass is 9.94. The molecule has 38 heavy (non-hydrogen) atoms. The summed E-state index contributed by atoms with van der Waals surface area (Å²) in [5.74, 6) is -0.541. The van der Waals surface area contributed by atoms with Crippen LogP contribution in [-0.4, -0.2) is 65.7 Å². The van der Waals surface area contributed by atoms with Crippen LogP contribution in [0, 0.1) is 0 Å². The first-order valence-corrected chi connectivity index (χ1v) is 13.7. The van der Waals surface area contributed by atoms with Crippen LogP contribution in [0.1, 0.15) is 38.4 Å². The number of aliphatic hydroxyl groups is 1. The van der Waals surface area contributed by atoms with Gasteiger partial charge in [-0.05, 0) is 44.9 Å². The number of hydrogen-bond acceptors (Lipinski definition) is 8. The molecule has 1 amide bonds. The summed E-state index contributed by atoms with van der Waals surface area (Å²) in [4.78, 5) is 18.8. The molecule has 0 aromatic carbocycles. The van der Waals surface area contributed by atoms with E-state index < -0.39 is 34.3 Å². The van der Waals surface area contributed by atoms with Gasteiger partial charge >= 0.3 is 6.18 Å². The summed E-state index contributed by atoms with van der Waals surface area (Å²) < 4.78 is 72.4. The number of nitrogens with one attached hydrogen (secondary N) is 1. The van der Waals surface area contributed by atoms with Gasteiger partial charge in [-0.2, -0.15) is 13.2 Å². The number of allylic oxidation sites excluding steroid dienone is 2. The summed E-state index contributed by atoms with van der Waals surface area (Å²) in [6, 6.07) is 1.24. The molecule has 1 aromatic heterocycles. The molecular weight excluding hydrogens is 527 g/mol. The van der Waals surface area contributed by atoms with Crippen molar-refractivity contribution in [2.75, 3.05) is 24.7 Å². The Morgan fingerprint density at radius 2 is 2.00 bits per heavy atom. The topological polar surface area (TPSA) is 118 Å². The van der Waals surface area contributed by atoms with Crippen molar-refractivity contribution in [3.05, 3.63) is 65.4 Å². The van der Waals surface area contributed by atoms with Crippen LogP contribution >= 0.6 is 0 Å². The number of carbonyl (C=O) groups is 1. The van der Waals surface area contributed by atoms with E-state index in [0.717, 1.165) is 0 Å². The molecule has 1 saturated heterocycles. The Morgan fingerprint density at radius 3 is 2.66 bits per heavy atom. The predicted molar refractivity (Wildman–Crippen MR) is 132 cm³/mol. The van der Waals surface area contributed by atoms with E-state index in [1.807, 2.05) is 11.8 Å². The summed E-state index contributed by atoms with van der Waals surface area (Å²) in [6.45, 7) is 2.10. The lowest BCUT2D eigenvalue weighted by Gasteiger charge is -2.35. The number of carbonyl (C=O) groups excluding carboxylic acids is 1. The van der Waals surface area contributed by atoms with Crippen molar-refractivity contribution in [1.29, 1.82) is 0 Å². The van der Waals surface area contributed by atoms with E-state index in [2.05, 4.69) is 10.3 Å². The number of amides is 1. The quantitative estimate of drug-likeness (QED) is 0.527. The number of halogens is 3. The highest BCUT2D eigenvalue weighted by Gasteiger charge is 2.35. The molecule has 0 aliphatic carbocycles. The summed E-state index contributed by atoms with van der Waals surface area (Å²) in [6.07, 6.45) is 4.66. The molecule has 3 aliphatic rings. The second-order valence-corrected chi connectivity index (χ2v) is 12.0. The average molecular weight is 556 g/mol. The molecule has 0 bridgehead atoms. The number of alkyl halides is 3. The fraction of sp³-hybridized carbons (Fsp3) is 0.440. The first kappa shape index (κ1) is 27.7. The lowest BCUT2D eigenvalue weighted by Crippen LogP contribution is -2.51. The van der Waals surface area contributed by atoms with E-state index >= 15 is 0 Å². The third-order valence-corrected chi connectivity index (χ3v) is 8.04. The second kappa shape index (κ2) is 10.4. The highest BCUT2D eigenvalue weighted by molar-refractivity contribution is 7.91. The van der Waals surface area contributed by atoms with E-state index in [-0.39, 0.29) is 40.4 Å².